The van der Waals surface area contributed by atoms with Crippen molar-refractivity contribution in [2.24, 2.45) is 5.92 Å². The van der Waals surface area contributed by atoms with E-state index in [-0.39, 0.29) is 5.75 Å². The zero-order valence-electron chi connectivity index (χ0n) is 8.40. The topological polar surface area (TPSA) is 40.5 Å². The Morgan fingerprint density at radius 3 is 2.43 bits per heavy atom. The lowest BCUT2D eigenvalue weighted by molar-refractivity contribution is -0.0414. The highest BCUT2D eigenvalue weighted by Gasteiger charge is 2.38. The molecule has 2 N–H and O–H groups in total. The first-order chi connectivity index (χ1) is 6.62. The summed E-state index contributed by atoms with van der Waals surface area (Å²) in [6.45, 7) is 1.80. The lowest BCUT2D eigenvalue weighted by atomic mass is 9.70. The molecule has 1 atom stereocenters. The molecule has 0 radical (unpaired) electrons. The van der Waals surface area contributed by atoms with Crippen LogP contribution in [0.1, 0.15) is 31.7 Å². The van der Waals surface area contributed by atoms with Gasteiger partial charge in [-0.05, 0) is 31.7 Å². The van der Waals surface area contributed by atoms with E-state index < -0.39 is 5.60 Å². The largest absolute Gasteiger partial charge is 0.508 e. The van der Waals surface area contributed by atoms with Gasteiger partial charge in [-0.2, -0.15) is 0 Å². The van der Waals surface area contributed by atoms with Crippen LogP contribution in [0.5, 0.6) is 5.75 Å². The summed E-state index contributed by atoms with van der Waals surface area (Å²) in [4.78, 5) is 0. The number of hydrogen-bond donors (Lipinski definition) is 2. The molecule has 0 amide bonds. The van der Waals surface area contributed by atoms with E-state index in [0.717, 1.165) is 12.8 Å². The highest BCUT2D eigenvalue weighted by molar-refractivity contribution is 5.37. The number of phenols is 1. The third kappa shape index (κ3) is 1.40. The molecule has 1 saturated carbocycles. The fourth-order valence-electron chi connectivity index (χ4n) is 2.09. The summed E-state index contributed by atoms with van der Waals surface area (Å²) >= 11 is 0. The highest BCUT2D eigenvalue weighted by Crippen LogP contribution is 2.44. The van der Waals surface area contributed by atoms with E-state index in [9.17, 15) is 10.2 Å². The minimum atomic E-state index is -0.871. The number of aromatic hydroxyl groups is 1. The van der Waals surface area contributed by atoms with Gasteiger partial charge in [0.1, 0.15) is 5.75 Å². The molecule has 1 fully saturated rings. The fraction of sp³-hybridized carbons (Fsp3) is 0.500. The van der Waals surface area contributed by atoms with Crippen molar-refractivity contribution < 1.29 is 10.2 Å². The van der Waals surface area contributed by atoms with Crippen LogP contribution in [0.4, 0.5) is 0 Å². The van der Waals surface area contributed by atoms with E-state index in [1.54, 1.807) is 25.1 Å². The summed E-state index contributed by atoms with van der Waals surface area (Å²) in [5, 5.41) is 20.0. The molecule has 0 spiro atoms. The van der Waals surface area contributed by atoms with Crippen molar-refractivity contribution in [2.45, 2.75) is 31.8 Å². The number of benzene rings is 1. The smallest absolute Gasteiger partial charge is 0.121 e. The van der Waals surface area contributed by atoms with Crippen LogP contribution in [0.3, 0.4) is 0 Å². The van der Waals surface area contributed by atoms with Crippen molar-refractivity contribution in [3.63, 3.8) is 0 Å². The Balaban J connectivity index is 2.32. The van der Waals surface area contributed by atoms with Crippen LogP contribution in [0.2, 0.25) is 0 Å². The standard InChI is InChI=1S/C12H16O2/c1-12(14,9-5-4-6-9)10-7-2-3-8-11(10)13/h2-3,7-9,13-14H,4-6H2,1H3. The second kappa shape index (κ2) is 3.28. The zero-order valence-corrected chi connectivity index (χ0v) is 8.40. The molecular weight excluding hydrogens is 176 g/mol. The molecule has 2 rings (SSSR count). The van der Waals surface area contributed by atoms with Crippen LogP contribution in [0.15, 0.2) is 24.3 Å². The molecule has 0 heterocycles. The molecule has 76 valence electrons. The Morgan fingerprint density at radius 1 is 1.29 bits per heavy atom. The van der Waals surface area contributed by atoms with Crippen molar-refractivity contribution >= 4 is 0 Å². The van der Waals surface area contributed by atoms with Gasteiger partial charge in [0.25, 0.3) is 0 Å². The molecule has 1 unspecified atom stereocenters. The summed E-state index contributed by atoms with van der Waals surface area (Å²) in [5.74, 6) is 0.500. The van der Waals surface area contributed by atoms with Crippen LogP contribution in [0.25, 0.3) is 0 Å². The normalized spacial score (nSPS) is 21.3. The molecule has 1 aromatic rings. The number of hydrogen-bond acceptors (Lipinski definition) is 2. The van der Waals surface area contributed by atoms with Crippen LogP contribution in [0, 0.1) is 5.92 Å². The van der Waals surface area contributed by atoms with Gasteiger partial charge in [-0.1, -0.05) is 24.6 Å². The molecule has 0 aliphatic heterocycles. The Morgan fingerprint density at radius 2 is 1.93 bits per heavy atom. The van der Waals surface area contributed by atoms with Gasteiger partial charge in [-0.15, -0.1) is 0 Å². The second-order valence-electron chi connectivity index (χ2n) is 4.29. The molecule has 0 aromatic heterocycles. The van der Waals surface area contributed by atoms with Crippen molar-refractivity contribution in [1.82, 2.24) is 0 Å². The molecule has 14 heavy (non-hydrogen) atoms. The average molecular weight is 192 g/mol. The van der Waals surface area contributed by atoms with E-state index in [1.165, 1.54) is 6.42 Å². The Bertz CT molecular complexity index is 327. The van der Waals surface area contributed by atoms with Crippen molar-refractivity contribution in [3.05, 3.63) is 29.8 Å². The molecule has 1 aliphatic rings. The Kier molecular flexibility index (Phi) is 2.23. The van der Waals surface area contributed by atoms with E-state index >= 15 is 0 Å². The predicted molar refractivity (Wildman–Crippen MR) is 55.0 cm³/mol. The maximum absolute atomic E-state index is 10.3. The lowest BCUT2D eigenvalue weighted by Gasteiger charge is -2.39. The van der Waals surface area contributed by atoms with Gasteiger partial charge in [-0.3, -0.25) is 0 Å². The summed E-state index contributed by atoms with van der Waals surface area (Å²) in [5.41, 5.74) is -0.214. The molecule has 2 heteroatoms. The van der Waals surface area contributed by atoms with Crippen LogP contribution in [-0.2, 0) is 5.60 Å². The molecule has 1 aliphatic carbocycles. The quantitative estimate of drug-likeness (QED) is 0.755. The molecule has 0 saturated heterocycles. The molecular formula is C12H16O2. The summed E-state index contributed by atoms with van der Waals surface area (Å²) in [6.07, 6.45) is 3.30. The number of aliphatic hydroxyl groups is 1. The first-order valence-electron chi connectivity index (χ1n) is 5.13. The maximum Gasteiger partial charge on any atom is 0.121 e. The van der Waals surface area contributed by atoms with E-state index in [0.29, 0.717) is 11.5 Å². The molecule has 0 bridgehead atoms. The van der Waals surface area contributed by atoms with E-state index in [4.69, 9.17) is 0 Å². The average Bonchev–Trinajstić information content (AvgIpc) is 2.00. The minimum absolute atomic E-state index is 0.199. The third-order valence-corrected chi connectivity index (χ3v) is 3.35. The van der Waals surface area contributed by atoms with E-state index in [1.807, 2.05) is 6.07 Å². The van der Waals surface area contributed by atoms with Crippen molar-refractivity contribution in [1.29, 1.82) is 0 Å². The van der Waals surface area contributed by atoms with Gasteiger partial charge in [0.15, 0.2) is 0 Å². The summed E-state index contributed by atoms with van der Waals surface area (Å²) in [6, 6.07) is 7.05. The summed E-state index contributed by atoms with van der Waals surface area (Å²) < 4.78 is 0. The van der Waals surface area contributed by atoms with Gasteiger partial charge < -0.3 is 10.2 Å². The minimum Gasteiger partial charge on any atom is -0.508 e. The first kappa shape index (κ1) is 9.53. The molecule has 1 aromatic carbocycles. The third-order valence-electron chi connectivity index (χ3n) is 3.35. The predicted octanol–water partition coefficient (Wildman–Crippen LogP) is 2.40. The Hall–Kier alpha value is -1.02. The summed E-state index contributed by atoms with van der Waals surface area (Å²) in [7, 11) is 0. The molecule has 2 nitrogen and oxygen atoms in total. The first-order valence-corrected chi connectivity index (χ1v) is 5.13. The number of rotatable bonds is 2. The van der Waals surface area contributed by atoms with Crippen molar-refractivity contribution in [3.8, 4) is 5.75 Å². The van der Waals surface area contributed by atoms with Crippen molar-refractivity contribution in [2.75, 3.05) is 0 Å². The van der Waals surface area contributed by atoms with Crippen LogP contribution < -0.4 is 0 Å². The van der Waals surface area contributed by atoms with Crippen LogP contribution in [-0.4, -0.2) is 10.2 Å². The van der Waals surface area contributed by atoms with Gasteiger partial charge in [-0.25, -0.2) is 0 Å². The zero-order chi connectivity index (χ0) is 10.2. The van der Waals surface area contributed by atoms with Crippen LogP contribution >= 0.6 is 0 Å². The number of para-hydroxylation sites is 1. The highest BCUT2D eigenvalue weighted by atomic mass is 16.3. The maximum atomic E-state index is 10.3. The second-order valence-corrected chi connectivity index (χ2v) is 4.29. The van der Waals surface area contributed by atoms with Gasteiger partial charge in [0.2, 0.25) is 0 Å². The number of phenolic OH excluding ortho intramolecular Hbond substituents is 1. The van der Waals surface area contributed by atoms with E-state index in [2.05, 4.69) is 0 Å². The van der Waals surface area contributed by atoms with Gasteiger partial charge in [0.05, 0.1) is 5.60 Å². The lowest BCUT2D eigenvalue weighted by Crippen LogP contribution is -2.36. The Labute approximate surface area is 84.2 Å². The monoisotopic (exact) mass is 192 g/mol. The fourth-order valence-corrected chi connectivity index (χ4v) is 2.09. The van der Waals surface area contributed by atoms with Gasteiger partial charge >= 0.3 is 0 Å². The van der Waals surface area contributed by atoms with Gasteiger partial charge in [0, 0.05) is 5.56 Å². The SMILES string of the molecule is CC(O)(c1ccccc1O)C1CCC1.